The third-order valence-electron chi connectivity index (χ3n) is 11.6. The first-order valence-electron chi connectivity index (χ1n) is 29.2. The zero-order chi connectivity index (χ0) is 70.6. The molecule has 516 valence electrons. The summed E-state index contributed by atoms with van der Waals surface area (Å²) in [6, 6.07) is -0.301. The van der Waals surface area contributed by atoms with Gasteiger partial charge < -0.3 is 45.2 Å². The molecule has 0 radical (unpaired) electrons. The molecule has 32 heteroatoms. The number of hydrogen-bond donors (Lipinski definition) is 6. The second-order valence-electron chi connectivity index (χ2n) is 23.9. The van der Waals surface area contributed by atoms with Crippen molar-refractivity contribution in [3.8, 4) is 0 Å². The Hall–Kier alpha value is -7.38. The number of imide groups is 1. The molecule has 4 atom stereocenters. The van der Waals surface area contributed by atoms with Crippen molar-refractivity contribution in [1.82, 2.24) is 55.4 Å². The lowest BCUT2D eigenvalue weighted by atomic mass is 9.94. The Kier molecular flexibility index (Phi) is 38.6. The number of nitrogens with two attached hydrogens (primary N) is 3. The highest BCUT2D eigenvalue weighted by atomic mass is 35.5. The molecule has 0 saturated carbocycles. The number of nitrogens with one attached hydrogen (secondary N) is 2. The lowest BCUT2D eigenvalue weighted by Gasteiger charge is -2.33. The minimum atomic E-state index is -4.64. The van der Waals surface area contributed by atoms with Gasteiger partial charge in [0.1, 0.15) is 22.4 Å². The summed E-state index contributed by atoms with van der Waals surface area (Å²) in [5.74, 6) is 7.65. The maximum absolute atomic E-state index is 12.3. The SMILES string of the molecule is CC(=O)N(C(=O)OC(C)(C)C)C1CCCc2nccnc21.CC(=O)NC1CCCc2nccnc21.CC(C)(C)OC(=O)NC1CCCc2nccnc21.CC(C)(C)OC(=O)OC(=O)OC(C)(C)C.CO.ClCCl.NC1CCCc2nccnc21.NN.O=CC(F)(F)F. The van der Waals surface area contributed by atoms with E-state index < -0.39 is 65.4 Å². The number of aliphatic hydroxyl groups excluding tert-OH is 1. The number of rotatable bonds is 3. The molecule has 27 nitrogen and oxygen atoms in total. The van der Waals surface area contributed by atoms with Crippen LogP contribution in [0.3, 0.4) is 0 Å². The number of nitrogens with zero attached hydrogens (tertiary/aromatic N) is 9. The summed E-state index contributed by atoms with van der Waals surface area (Å²) in [5, 5.41) is 13.0. The number of aliphatic hydroxyl groups is 1. The van der Waals surface area contributed by atoms with E-state index in [2.05, 4.69) is 66.9 Å². The fourth-order valence-corrected chi connectivity index (χ4v) is 8.52. The molecule has 0 bridgehead atoms. The molecule has 0 aromatic carbocycles. The number of halogens is 5. The zero-order valence-corrected chi connectivity index (χ0v) is 56.7. The van der Waals surface area contributed by atoms with Crippen molar-refractivity contribution < 1.29 is 75.5 Å². The minimum absolute atomic E-state index is 0.00602. The number of alkyl halides is 5. The molecule has 4 amide bonds. The summed E-state index contributed by atoms with van der Waals surface area (Å²) in [6.07, 6.45) is 16.0. The number of alkyl carbamates (subject to hydrolysis) is 1. The number of hydrogen-bond acceptors (Lipinski definition) is 24. The van der Waals surface area contributed by atoms with Gasteiger partial charge in [-0.05, 0) is 160 Å². The third kappa shape index (κ3) is 36.0. The number of aryl methyl sites for hydroxylation is 4. The number of aldehydes is 1. The molecule has 9 N–H and O–H groups in total. The van der Waals surface area contributed by atoms with Gasteiger partial charge in [-0.3, -0.25) is 65.9 Å². The van der Waals surface area contributed by atoms with Crippen molar-refractivity contribution in [2.45, 2.75) is 227 Å². The van der Waals surface area contributed by atoms with E-state index in [1.54, 1.807) is 112 Å². The second kappa shape index (κ2) is 42.0. The Morgan fingerprint density at radius 1 is 0.543 bits per heavy atom. The number of carbonyl (C=O) groups is 7. The van der Waals surface area contributed by atoms with E-state index in [9.17, 15) is 41.9 Å². The molecule has 4 aromatic heterocycles. The molecule has 4 heterocycles. The van der Waals surface area contributed by atoms with Crippen LogP contribution in [0.25, 0.3) is 0 Å². The lowest BCUT2D eigenvalue weighted by molar-refractivity contribution is -0.156. The van der Waals surface area contributed by atoms with Gasteiger partial charge in [0.05, 0.1) is 69.0 Å². The molecule has 0 spiro atoms. The van der Waals surface area contributed by atoms with Gasteiger partial charge in [0.15, 0.2) is 0 Å². The molecular formula is C60H93Cl2F3N14O13. The van der Waals surface area contributed by atoms with Crippen LogP contribution in [0.1, 0.15) is 218 Å². The molecule has 92 heavy (non-hydrogen) atoms. The number of fused-ring (bicyclic) bond motifs is 4. The highest BCUT2D eigenvalue weighted by Gasteiger charge is 2.37. The van der Waals surface area contributed by atoms with E-state index in [1.165, 1.54) is 13.8 Å². The first kappa shape index (κ1) is 84.6. The Balaban J connectivity index is 0.00000108. The predicted molar refractivity (Wildman–Crippen MR) is 336 cm³/mol. The fraction of sp³-hybridized carbons (Fsp3) is 0.617. The first-order chi connectivity index (χ1) is 42.9. The van der Waals surface area contributed by atoms with Gasteiger partial charge in [-0.15, -0.1) is 23.2 Å². The summed E-state index contributed by atoms with van der Waals surface area (Å²) in [5.41, 5.74) is 10.8. The number of hydrazine groups is 1. The lowest BCUT2D eigenvalue weighted by Crippen LogP contribution is -2.43. The molecule has 4 aromatic rings. The predicted octanol–water partition coefficient (Wildman–Crippen LogP) is 10.3. The fourth-order valence-electron chi connectivity index (χ4n) is 8.52. The largest absolute Gasteiger partial charge is 0.519 e. The second-order valence-corrected chi connectivity index (χ2v) is 24.7. The van der Waals surface area contributed by atoms with Crippen LogP contribution in [0.15, 0.2) is 49.6 Å². The molecule has 0 aliphatic heterocycles. The van der Waals surface area contributed by atoms with Crippen LogP contribution in [0.2, 0.25) is 0 Å². The quantitative estimate of drug-likeness (QED) is 0.0211. The van der Waals surface area contributed by atoms with Gasteiger partial charge in [0, 0.05) is 76.6 Å². The maximum atomic E-state index is 12.3. The molecular weight excluding hydrogens is 1250 g/mol. The normalized spacial score (nSPS) is 16.5. The van der Waals surface area contributed by atoms with E-state index >= 15 is 0 Å². The van der Waals surface area contributed by atoms with Crippen LogP contribution >= 0.6 is 23.2 Å². The monoisotopic (exact) mass is 1340 g/mol. The van der Waals surface area contributed by atoms with Gasteiger partial charge in [0.2, 0.25) is 18.1 Å². The summed E-state index contributed by atoms with van der Waals surface area (Å²) >= 11 is 9.53. The van der Waals surface area contributed by atoms with Gasteiger partial charge in [-0.1, -0.05) is 0 Å². The van der Waals surface area contributed by atoms with Crippen LogP contribution in [0.5, 0.6) is 0 Å². The smallest absolute Gasteiger partial charge is 0.444 e. The zero-order valence-electron chi connectivity index (χ0n) is 55.2. The Morgan fingerprint density at radius 2 is 0.859 bits per heavy atom. The molecule has 8 rings (SSSR count). The van der Waals surface area contributed by atoms with Crippen LogP contribution in [-0.2, 0) is 63.8 Å². The van der Waals surface area contributed by atoms with Gasteiger partial charge in [-0.2, -0.15) is 13.2 Å². The molecule has 0 saturated heterocycles. The summed E-state index contributed by atoms with van der Waals surface area (Å²) in [6.45, 7) is 23.8. The number of carbonyl (C=O) groups excluding carboxylic acids is 7. The highest BCUT2D eigenvalue weighted by molar-refractivity contribution is 6.40. The van der Waals surface area contributed by atoms with E-state index in [0.717, 1.165) is 122 Å². The maximum Gasteiger partial charge on any atom is 0.519 e. The van der Waals surface area contributed by atoms with Crippen molar-refractivity contribution >= 4 is 65.8 Å². The number of amides is 4. The summed E-state index contributed by atoms with van der Waals surface area (Å²) in [4.78, 5) is 113. The first-order valence-corrected chi connectivity index (χ1v) is 30.2. The van der Waals surface area contributed by atoms with E-state index in [-0.39, 0.29) is 35.3 Å². The van der Waals surface area contributed by atoms with Crippen molar-refractivity contribution in [3.05, 3.63) is 95.1 Å². The topological polar surface area (TPSA) is 394 Å². The van der Waals surface area contributed by atoms with E-state index in [4.69, 9.17) is 57.8 Å². The minimum Gasteiger partial charge on any atom is -0.444 e. The van der Waals surface area contributed by atoms with Crippen LogP contribution < -0.4 is 28.1 Å². The van der Waals surface area contributed by atoms with E-state index in [1.807, 2.05) is 20.8 Å². The van der Waals surface area contributed by atoms with E-state index in [0.29, 0.717) is 12.1 Å². The Bertz CT molecular complexity index is 2870. The average Bonchev–Trinajstić information content (AvgIpc) is 0.874. The van der Waals surface area contributed by atoms with Crippen LogP contribution in [0, 0.1) is 0 Å². The van der Waals surface area contributed by atoms with Crippen LogP contribution in [-0.4, -0.2) is 134 Å². The third-order valence-corrected chi connectivity index (χ3v) is 11.6. The highest BCUT2D eigenvalue weighted by Crippen LogP contribution is 2.33. The van der Waals surface area contributed by atoms with Crippen molar-refractivity contribution in [2.75, 3.05) is 12.4 Å². The molecule has 4 unspecified atom stereocenters. The number of aromatic nitrogens is 8. The summed E-state index contributed by atoms with van der Waals surface area (Å²) < 4.78 is 55.7. The van der Waals surface area contributed by atoms with Crippen molar-refractivity contribution in [2.24, 2.45) is 17.4 Å². The standard InChI is InChI=1S/C15H21N3O3.C13H19N3O2.C10H13N3O.C10H18O5.C8H11N3.C2HF3O.CH2Cl2.CH4O.H4N2/c1-10(19)18(14(20)21-15(2,3)4)12-7-5-6-11-13(12)17-9-8-16-11;1-13(2,3)18-12(17)16-10-6-4-5-9-11(10)15-8-7-14-9;1-7(14)13-9-4-2-3-8-10(9)12-6-5-11-8;1-9(2,3)14-7(11)13-8(12)15-10(4,5)6;9-6-2-1-3-7-8(6)11-5-4-10-7;3-2(4,5)1-6;2-1-3;2*1-2/h8-9,12H,5-7H2,1-4H3;7-8,10H,4-6H2,1-3H3,(H,16,17);5-6,9H,2-4H2,1H3,(H,13,14);1-6H3;4-6H,1-3,9H2;1H;1H2;2H,1H3;1-2H2. The van der Waals surface area contributed by atoms with Crippen LogP contribution in [0.4, 0.5) is 32.3 Å². The number of ether oxygens (including phenoxy) is 5. The van der Waals surface area contributed by atoms with Crippen molar-refractivity contribution in [3.63, 3.8) is 0 Å². The Labute approximate surface area is 546 Å². The Morgan fingerprint density at radius 3 is 1.21 bits per heavy atom. The molecule has 0 fully saturated rings. The van der Waals surface area contributed by atoms with Crippen molar-refractivity contribution in [1.29, 1.82) is 0 Å². The summed E-state index contributed by atoms with van der Waals surface area (Å²) in [7, 11) is 1.00. The molecule has 4 aliphatic rings. The molecule has 4 aliphatic carbocycles. The van der Waals surface area contributed by atoms with Gasteiger partial charge in [0.25, 0.3) is 0 Å². The average molecular weight is 1350 g/mol. The van der Waals surface area contributed by atoms with Gasteiger partial charge in [-0.25, -0.2) is 24.1 Å². The van der Waals surface area contributed by atoms with Gasteiger partial charge >= 0.3 is 30.7 Å².